The molecule has 0 aromatic carbocycles. The van der Waals surface area contributed by atoms with Crippen LogP contribution < -0.4 is 4.90 Å². The van der Waals surface area contributed by atoms with Crippen molar-refractivity contribution < 1.29 is 9.90 Å². The predicted octanol–water partition coefficient (Wildman–Crippen LogP) is 4.14. The fourth-order valence-electron chi connectivity index (χ4n) is 2.34. The number of aromatic nitrogens is 1. The number of hydrogen-bond donors (Lipinski definition) is 1. The van der Waals surface area contributed by atoms with E-state index in [-0.39, 0.29) is 0 Å². The molecular weight excluding hydrogens is 264 g/mol. The molecule has 1 N–H and O–H groups in total. The predicted molar refractivity (Wildman–Crippen MR) is 87.2 cm³/mol. The fourth-order valence-corrected chi connectivity index (χ4v) is 2.34. The molecule has 1 aromatic rings. The van der Waals surface area contributed by atoms with Crippen LogP contribution in [0.2, 0.25) is 0 Å². The molecule has 1 aromatic heterocycles. The van der Waals surface area contributed by atoms with Gasteiger partial charge >= 0.3 is 5.97 Å². The molecule has 4 nitrogen and oxygen atoms in total. The van der Waals surface area contributed by atoms with Crippen molar-refractivity contribution in [3.8, 4) is 0 Å². The Morgan fingerprint density at radius 3 is 2.52 bits per heavy atom. The maximum Gasteiger partial charge on any atom is 0.335 e. The number of pyridine rings is 1. The van der Waals surface area contributed by atoms with Crippen LogP contribution in [-0.2, 0) is 6.42 Å². The van der Waals surface area contributed by atoms with Gasteiger partial charge in [0, 0.05) is 18.3 Å². The van der Waals surface area contributed by atoms with E-state index in [0.717, 1.165) is 50.2 Å². The summed E-state index contributed by atoms with van der Waals surface area (Å²) in [5.41, 5.74) is 1.21. The highest BCUT2D eigenvalue weighted by molar-refractivity contribution is 5.88. The smallest absolute Gasteiger partial charge is 0.335 e. The number of anilines is 1. The van der Waals surface area contributed by atoms with Crippen LogP contribution in [0.4, 0.5) is 5.82 Å². The number of rotatable bonds is 9. The SMILES string of the molecule is CCCCN(c1cc(C(=O)O)cc(CCC)n1)C(C)CC. The second-order valence-electron chi connectivity index (χ2n) is 5.56. The van der Waals surface area contributed by atoms with Gasteiger partial charge in [0.2, 0.25) is 0 Å². The van der Waals surface area contributed by atoms with Crippen LogP contribution in [0.3, 0.4) is 0 Å². The van der Waals surface area contributed by atoms with Crippen molar-refractivity contribution in [2.45, 2.75) is 65.8 Å². The fraction of sp³-hybridized carbons (Fsp3) is 0.647. The Labute approximate surface area is 128 Å². The van der Waals surface area contributed by atoms with Crippen molar-refractivity contribution in [3.63, 3.8) is 0 Å². The van der Waals surface area contributed by atoms with Gasteiger partial charge < -0.3 is 10.0 Å². The molecule has 0 bridgehead atoms. The van der Waals surface area contributed by atoms with Crippen LogP contribution in [0.5, 0.6) is 0 Å². The van der Waals surface area contributed by atoms with E-state index in [2.05, 4.69) is 32.6 Å². The van der Waals surface area contributed by atoms with E-state index in [9.17, 15) is 9.90 Å². The molecule has 0 saturated heterocycles. The average molecular weight is 292 g/mol. The van der Waals surface area contributed by atoms with E-state index < -0.39 is 5.97 Å². The summed E-state index contributed by atoms with van der Waals surface area (Å²) in [6, 6.07) is 3.77. The highest BCUT2D eigenvalue weighted by Gasteiger charge is 2.17. The molecule has 0 spiro atoms. The van der Waals surface area contributed by atoms with Crippen LogP contribution in [0.15, 0.2) is 12.1 Å². The minimum atomic E-state index is -0.879. The molecule has 1 heterocycles. The van der Waals surface area contributed by atoms with E-state index >= 15 is 0 Å². The van der Waals surface area contributed by atoms with Crippen LogP contribution in [0.25, 0.3) is 0 Å². The van der Waals surface area contributed by atoms with Gasteiger partial charge in [0.1, 0.15) is 5.82 Å². The number of unbranched alkanes of at least 4 members (excludes halogenated alkanes) is 1. The third-order valence-electron chi connectivity index (χ3n) is 3.79. The summed E-state index contributed by atoms with van der Waals surface area (Å²) in [6.45, 7) is 9.49. The van der Waals surface area contributed by atoms with Gasteiger partial charge in [-0.25, -0.2) is 9.78 Å². The molecular formula is C17H28N2O2. The Hall–Kier alpha value is -1.58. The van der Waals surface area contributed by atoms with Crippen molar-refractivity contribution >= 4 is 11.8 Å². The second-order valence-corrected chi connectivity index (χ2v) is 5.56. The van der Waals surface area contributed by atoms with Crippen LogP contribution in [0, 0.1) is 0 Å². The first-order valence-electron chi connectivity index (χ1n) is 8.04. The summed E-state index contributed by atoms with van der Waals surface area (Å²) < 4.78 is 0. The molecule has 1 atom stereocenters. The Morgan fingerprint density at radius 2 is 2.00 bits per heavy atom. The van der Waals surface area contributed by atoms with Crippen molar-refractivity contribution in [1.82, 2.24) is 4.98 Å². The second kappa shape index (κ2) is 8.65. The monoisotopic (exact) mass is 292 g/mol. The van der Waals surface area contributed by atoms with E-state index in [1.165, 1.54) is 0 Å². The van der Waals surface area contributed by atoms with Crippen molar-refractivity contribution in [2.24, 2.45) is 0 Å². The Kier molecular flexibility index (Phi) is 7.20. The Balaban J connectivity index is 3.17. The van der Waals surface area contributed by atoms with Gasteiger partial charge in [-0.1, -0.05) is 33.6 Å². The molecule has 1 rings (SSSR count). The van der Waals surface area contributed by atoms with Gasteiger partial charge in [-0.2, -0.15) is 0 Å². The van der Waals surface area contributed by atoms with Gasteiger partial charge in [0.25, 0.3) is 0 Å². The van der Waals surface area contributed by atoms with Crippen molar-refractivity contribution in [2.75, 3.05) is 11.4 Å². The minimum absolute atomic E-state index is 0.341. The van der Waals surface area contributed by atoms with Gasteiger partial charge in [0.15, 0.2) is 0 Å². The van der Waals surface area contributed by atoms with Crippen molar-refractivity contribution in [1.29, 1.82) is 0 Å². The summed E-state index contributed by atoms with van der Waals surface area (Å²) in [5.74, 6) is -0.0725. The third-order valence-corrected chi connectivity index (χ3v) is 3.79. The summed E-state index contributed by atoms with van der Waals surface area (Å²) in [4.78, 5) is 18.3. The zero-order valence-corrected chi connectivity index (χ0v) is 13.7. The number of carboxylic acid groups (broad SMARTS) is 1. The first-order chi connectivity index (χ1) is 10.0. The van der Waals surface area contributed by atoms with E-state index in [1.807, 2.05) is 0 Å². The first-order valence-corrected chi connectivity index (χ1v) is 8.04. The number of hydrogen-bond acceptors (Lipinski definition) is 3. The summed E-state index contributed by atoms with van der Waals surface area (Å²) in [5, 5.41) is 9.31. The number of carboxylic acids is 1. The average Bonchev–Trinajstić information content (AvgIpc) is 2.47. The van der Waals surface area contributed by atoms with Crippen LogP contribution in [-0.4, -0.2) is 28.6 Å². The normalized spacial score (nSPS) is 12.2. The molecule has 0 aliphatic carbocycles. The summed E-state index contributed by atoms with van der Waals surface area (Å²) in [7, 11) is 0. The molecule has 21 heavy (non-hydrogen) atoms. The maximum absolute atomic E-state index is 11.3. The zero-order valence-electron chi connectivity index (χ0n) is 13.7. The molecule has 118 valence electrons. The lowest BCUT2D eigenvalue weighted by Gasteiger charge is -2.30. The molecule has 0 aliphatic heterocycles. The molecule has 0 amide bonds. The quantitative estimate of drug-likeness (QED) is 0.743. The highest BCUT2D eigenvalue weighted by Crippen LogP contribution is 2.20. The van der Waals surface area contributed by atoms with Crippen LogP contribution in [0.1, 0.15) is 69.4 Å². The summed E-state index contributed by atoms with van der Waals surface area (Å²) >= 11 is 0. The maximum atomic E-state index is 11.3. The van der Waals surface area contributed by atoms with Gasteiger partial charge in [-0.3, -0.25) is 0 Å². The number of nitrogens with zero attached hydrogens (tertiary/aromatic N) is 2. The highest BCUT2D eigenvalue weighted by atomic mass is 16.4. The lowest BCUT2D eigenvalue weighted by atomic mass is 10.1. The Bertz CT molecular complexity index is 460. The molecule has 0 radical (unpaired) electrons. The molecule has 0 aliphatic rings. The number of aryl methyl sites for hydroxylation is 1. The topological polar surface area (TPSA) is 53.4 Å². The minimum Gasteiger partial charge on any atom is -0.478 e. The van der Waals surface area contributed by atoms with E-state index in [1.54, 1.807) is 12.1 Å². The number of carbonyl (C=O) groups is 1. The van der Waals surface area contributed by atoms with E-state index in [0.29, 0.717) is 11.6 Å². The van der Waals surface area contributed by atoms with Gasteiger partial charge in [-0.05, 0) is 38.3 Å². The lowest BCUT2D eigenvalue weighted by molar-refractivity contribution is 0.0696. The third kappa shape index (κ3) is 5.03. The summed E-state index contributed by atoms with van der Waals surface area (Å²) in [6.07, 6.45) is 5.01. The van der Waals surface area contributed by atoms with Crippen LogP contribution >= 0.6 is 0 Å². The molecule has 0 fully saturated rings. The van der Waals surface area contributed by atoms with Gasteiger partial charge in [-0.15, -0.1) is 0 Å². The standard InChI is InChI=1S/C17H28N2O2/c1-5-8-10-19(13(4)7-3)16-12-14(17(20)21)11-15(18-16)9-6-2/h11-13H,5-10H2,1-4H3,(H,20,21). The van der Waals surface area contributed by atoms with Gasteiger partial charge in [0.05, 0.1) is 5.56 Å². The molecule has 0 saturated carbocycles. The molecule has 1 unspecified atom stereocenters. The molecule has 4 heteroatoms. The van der Waals surface area contributed by atoms with E-state index in [4.69, 9.17) is 4.98 Å². The number of aromatic carboxylic acids is 1. The lowest BCUT2D eigenvalue weighted by Crippen LogP contribution is -2.34. The zero-order chi connectivity index (χ0) is 15.8. The first kappa shape index (κ1) is 17.5. The Morgan fingerprint density at radius 1 is 1.29 bits per heavy atom. The largest absolute Gasteiger partial charge is 0.478 e. The van der Waals surface area contributed by atoms with Crippen molar-refractivity contribution in [3.05, 3.63) is 23.4 Å².